The highest BCUT2D eigenvalue weighted by Crippen LogP contribution is 2.40. The second-order valence-corrected chi connectivity index (χ2v) is 5.92. The van der Waals surface area contributed by atoms with Crippen LogP contribution < -0.4 is 11.1 Å². The van der Waals surface area contributed by atoms with Crippen LogP contribution in [0.5, 0.6) is 0 Å². The minimum Gasteiger partial charge on any atom is -0.353 e. The highest BCUT2D eigenvalue weighted by molar-refractivity contribution is 5.77. The molecule has 1 aliphatic carbocycles. The maximum Gasteiger partial charge on any atom is 0.220 e. The molecule has 3 N–H and O–H groups in total. The van der Waals surface area contributed by atoms with E-state index < -0.39 is 0 Å². The molecule has 1 amide bonds. The summed E-state index contributed by atoms with van der Waals surface area (Å²) in [5, 5.41) is 3.08. The lowest BCUT2D eigenvalue weighted by Crippen LogP contribution is -2.35. The maximum absolute atomic E-state index is 11.8. The third kappa shape index (κ3) is 3.84. The summed E-state index contributed by atoms with van der Waals surface area (Å²) in [5.74, 6) is 0.623. The van der Waals surface area contributed by atoms with Crippen molar-refractivity contribution in [2.75, 3.05) is 0 Å². The van der Waals surface area contributed by atoms with Gasteiger partial charge < -0.3 is 11.1 Å². The first kappa shape index (κ1) is 13.1. The molecule has 2 rings (SSSR count). The molecule has 1 saturated carbocycles. The quantitative estimate of drug-likeness (QED) is 0.836. The van der Waals surface area contributed by atoms with E-state index in [-0.39, 0.29) is 11.4 Å². The number of carbonyl (C=O) groups is 1. The van der Waals surface area contributed by atoms with Crippen LogP contribution in [0.2, 0.25) is 0 Å². The van der Waals surface area contributed by atoms with Crippen molar-refractivity contribution in [3.63, 3.8) is 0 Å². The fourth-order valence-corrected chi connectivity index (χ4v) is 2.14. The first-order valence-corrected chi connectivity index (χ1v) is 6.59. The van der Waals surface area contributed by atoms with Crippen LogP contribution in [-0.2, 0) is 4.79 Å². The zero-order valence-electron chi connectivity index (χ0n) is 11.1. The number of carbonyl (C=O) groups excluding carboxylic acids is 1. The van der Waals surface area contributed by atoms with Crippen LogP contribution in [0.4, 0.5) is 0 Å². The molecule has 0 heterocycles. The van der Waals surface area contributed by atoms with Gasteiger partial charge in [-0.15, -0.1) is 0 Å². The summed E-state index contributed by atoms with van der Waals surface area (Å²) in [6.07, 6.45) is 2.30. The standard InChI is InChI=1S/C15H22N2O/c1-15(2,16)9-8-14(18)17-13-10-12(13)11-6-4-3-5-7-11/h3-7,12-13H,8-10,16H2,1-2H3,(H,17,18). The van der Waals surface area contributed by atoms with E-state index in [0.717, 1.165) is 12.8 Å². The van der Waals surface area contributed by atoms with E-state index in [0.29, 0.717) is 18.4 Å². The lowest BCUT2D eigenvalue weighted by Gasteiger charge is -2.17. The van der Waals surface area contributed by atoms with Crippen molar-refractivity contribution in [2.24, 2.45) is 5.73 Å². The number of rotatable bonds is 5. The van der Waals surface area contributed by atoms with Gasteiger partial charge in [0.15, 0.2) is 0 Å². The van der Waals surface area contributed by atoms with E-state index in [1.807, 2.05) is 32.0 Å². The van der Waals surface area contributed by atoms with Gasteiger partial charge in [-0.05, 0) is 32.3 Å². The molecule has 2 unspecified atom stereocenters. The summed E-state index contributed by atoms with van der Waals surface area (Å²) in [6.45, 7) is 3.90. The average molecular weight is 246 g/mol. The highest BCUT2D eigenvalue weighted by atomic mass is 16.1. The minimum absolute atomic E-state index is 0.122. The predicted octanol–water partition coefficient (Wildman–Crippen LogP) is 2.18. The van der Waals surface area contributed by atoms with Crippen LogP contribution in [-0.4, -0.2) is 17.5 Å². The molecule has 3 nitrogen and oxygen atoms in total. The molecule has 0 radical (unpaired) electrons. The molecular formula is C15H22N2O. The van der Waals surface area contributed by atoms with E-state index >= 15 is 0 Å². The lowest BCUT2D eigenvalue weighted by molar-refractivity contribution is -0.121. The molecule has 3 heteroatoms. The Bertz CT molecular complexity index is 408. The van der Waals surface area contributed by atoms with Gasteiger partial charge in [0.2, 0.25) is 5.91 Å². The summed E-state index contributed by atoms with van der Waals surface area (Å²) in [6, 6.07) is 10.7. The van der Waals surface area contributed by atoms with Gasteiger partial charge in [-0.1, -0.05) is 30.3 Å². The van der Waals surface area contributed by atoms with Crippen molar-refractivity contribution < 1.29 is 4.79 Å². The Balaban J connectivity index is 1.75. The molecule has 0 aromatic heterocycles. The average Bonchev–Trinajstić information content (AvgIpc) is 3.06. The second-order valence-electron chi connectivity index (χ2n) is 5.92. The Morgan fingerprint density at radius 3 is 2.67 bits per heavy atom. The van der Waals surface area contributed by atoms with Crippen LogP contribution in [0.15, 0.2) is 30.3 Å². The molecule has 0 spiro atoms. The Morgan fingerprint density at radius 2 is 2.06 bits per heavy atom. The number of benzene rings is 1. The van der Waals surface area contributed by atoms with Crippen molar-refractivity contribution in [3.8, 4) is 0 Å². The van der Waals surface area contributed by atoms with Crippen LogP contribution in [0, 0.1) is 0 Å². The number of hydrogen-bond acceptors (Lipinski definition) is 2. The van der Waals surface area contributed by atoms with Crippen molar-refractivity contribution in [3.05, 3.63) is 35.9 Å². The SMILES string of the molecule is CC(C)(N)CCC(=O)NC1CC1c1ccccc1. The molecule has 0 bridgehead atoms. The molecule has 2 atom stereocenters. The number of hydrogen-bond donors (Lipinski definition) is 2. The molecule has 18 heavy (non-hydrogen) atoms. The molecule has 1 aliphatic rings. The third-order valence-electron chi connectivity index (χ3n) is 3.36. The smallest absolute Gasteiger partial charge is 0.220 e. The Labute approximate surface area is 109 Å². The van der Waals surface area contributed by atoms with E-state index in [1.165, 1.54) is 5.56 Å². The lowest BCUT2D eigenvalue weighted by atomic mass is 10.00. The van der Waals surface area contributed by atoms with Gasteiger partial charge in [-0.3, -0.25) is 4.79 Å². The Kier molecular flexibility index (Phi) is 3.71. The van der Waals surface area contributed by atoms with Gasteiger partial charge >= 0.3 is 0 Å². The molecule has 1 fully saturated rings. The van der Waals surface area contributed by atoms with Crippen molar-refractivity contribution in [1.82, 2.24) is 5.32 Å². The Morgan fingerprint density at radius 1 is 1.39 bits per heavy atom. The summed E-state index contributed by atoms with van der Waals surface area (Å²) >= 11 is 0. The number of amides is 1. The van der Waals surface area contributed by atoms with Gasteiger partial charge in [0.1, 0.15) is 0 Å². The summed E-state index contributed by atoms with van der Waals surface area (Å²) in [5.41, 5.74) is 6.93. The molecule has 0 saturated heterocycles. The fraction of sp³-hybridized carbons (Fsp3) is 0.533. The molecule has 98 valence electrons. The first-order valence-electron chi connectivity index (χ1n) is 6.59. The fourth-order valence-electron chi connectivity index (χ4n) is 2.14. The van der Waals surface area contributed by atoms with E-state index in [4.69, 9.17) is 5.73 Å². The van der Waals surface area contributed by atoms with Crippen LogP contribution in [0.1, 0.15) is 44.6 Å². The van der Waals surface area contributed by atoms with Gasteiger partial charge in [0.05, 0.1) is 0 Å². The minimum atomic E-state index is -0.264. The topological polar surface area (TPSA) is 55.1 Å². The van der Waals surface area contributed by atoms with Gasteiger partial charge in [-0.25, -0.2) is 0 Å². The van der Waals surface area contributed by atoms with Crippen LogP contribution in [0.25, 0.3) is 0 Å². The number of nitrogens with two attached hydrogens (primary N) is 1. The summed E-state index contributed by atoms with van der Waals surface area (Å²) in [7, 11) is 0. The van der Waals surface area contributed by atoms with Gasteiger partial charge in [0, 0.05) is 23.9 Å². The first-order chi connectivity index (χ1) is 8.46. The van der Waals surface area contributed by atoms with Crippen molar-refractivity contribution in [1.29, 1.82) is 0 Å². The van der Waals surface area contributed by atoms with Gasteiger partial charge in [-0.2, -0.15) is 0 Å². The van der Waals surface area contributed by atoms with Crippen LogP contribution in [0.3, 0.4) is 0 Å². The highest BCUT2D eigenvalue weighted by Gasteiger charge is 2.39. The second kappa shape index (κ2) is 5.11. The van der Waals surface area contributed by atoms with Gasteiger partial charge in [0.25, 0.3) is 0 Å². The van der Waals surface area contributed by atoms with Crippen LogP contribution >= 0.6 is 0 Å². The third-order valence-corrected chi connectivity index (χ3v) is 3.36. The predicted molar refractivity (Wildman–Crippen MR) is 73.2 cm³/mol. The summed E-state index contributed by atoms with van der Waals surface area (Å²) in [4.78, 5) is 11.8. The summed E-state index contributed by atoms with van der Waals surface area (Å²) < 4.78 is 0. The largest absolute Gasteiger partial charge is 0.353 e. The zero-order valence-corrected chi connectivity index (χ0v) is 11.1. The van der Waals surface area contributed by atoms with E-state index in [2.05, 4.69) is 17.4 Å². The van der Waals surface area contributed by atoms with E-state index in [1.54, 1.807) is 0 Å². The van der Waals surface area contributed by atoms with Crippen molar-refractivity contribution in [2.45, 2.75) is 50.6 Å². The number of nitrogens with one attached hydrogen (secondary N) is 1. The normalized spacial score (nSPS) is 22.6. The maximum atomic E-state index is 11.8. The molecule has 1 aromatic rings. The molecule has 0 aliphatic heterocycles. The Hall–Kier alpha value is -1.35. The van der Waals surface area contributed by atoms with Crippen molar-refractivity contribution >= 4 is 5.91 Å². The zero-order chi connectivity index (χ0) is 13.2. The monoisotopic (exact) mass is 246 g/mol. The molecular weight excluding hydrogens is 224 g/mol. The van der Waals surface area contributed by atoms with E-state index in [9.17, 15) is 4.79 Å². The molecule has 1 aromatic carbocycles.